The quantitative estimate of drug-likeness (QED) is 0.726. The van der Waals surface area contributed by atoms with Crippen LogP contribution in [-0.2, 0) is 26.1 Å². The average Bonchev–Trinajstić information content (AvgIpc) is 3.09. The zero-order valence-electron chi connectivity index (χ0n) is 15.2. The largest absolute Gasteiger partial charge is 0.466 e. The van der Waals surface area contributed by atoms with Gasteiger partial charge in [-0.25, -0.2) is 17.5 Å². The van der Waals surface area contributed by atoms with Gasteiger partial charge in [0.1, 0.15) is 4.21 Å². The molecular weight excluding hydrogens is 378 g/mol. The first-order valence-electron chi connectivity index (χ1n) is 8.46. The van der Waals surface area contributed by atoms with Crippen LogP contribution in [0.2, 0.25) is 0 Å². The Morgan fingerprint density at radius 2 is 1.96 bits per heavy atom. The van der Waals surface area contributed by atoms with Crippen molar-refractivity contribution >= 4 is 33.4 Å². The third-order valence-corrected chi connectivity index (χ3v) is 7.56. The Morgan fingerprint density at radius 3 is 2.54 bits per heavy atom. The van der Waals surface area contributed by atoms with Gasteiger partial charge in [0.2, 0.25) is 0 Å². The summed E-state index contributed by atoms with van der Waals surface area (Å²) in [7, 11) is -0.484. The van der Waals surface area contributed by atoms with Gasteiger partial charge in [-0.1, -0.05) is 0 Å². The van der Waals surface area contributed by atoms with Crippen molar-refractivity contribution in [3.63, 3.8) is 0 Å². The Morgan fingerprint density at radius 1 is 1.31 bits per heavy atom. The lowest BCUT2D eigenvalue weighted by Crippen LogP contribution is -2.45. The van der Waals surface area contributed by atoms with Crippen LogP contribution in [0.15, 0.2) is 16.3 Å². The number of piperidine rings is 1. The summed E-state index contributed by atoms with van der Waals surface area (Å²) >= 11 is 1.14. The Labute approximate surface area is 158 Å². The van der Waals surface area contributed by atoms with Crippen LogP contribution in [0.1, 0.15) is 24.6 Å². The molecule has 1 saturated heterocycles. The molecule has 146 valence electrons. The molecule has 26 heavy (non-hydrogen) atoms. The summed E-state index contributed by atoms with van der Waals surface area (Å²) in [6, 6.07) is 3.04. The van der Waals surface area contributed by atoms with Crippen molar-refractivity contribution in [1.29, 1.82) is 0 Å². The molecule has 0 spiro atoms. The Kier molecular flexibility index (Phi) is 7.01. The summed E-state index contributed by atoms with van der Waals surface area (Å²) in [4.78, 5) is 26.4. The number of rotatable bonds is 6. The normalized spacial score (nSPS) is 15.9. The van der Waals surface area contributed by atoms with E-state index in [1.165, 1.54) is 14.1 Å². The number of amides is 2. The smallest absolute Gasteiger partial charge is 0.317 e. The lowest BCUT2D eigenvalue weighted by Gasteiger charge is -2.30. The summed E-state index contributed by atoms with van der Waals surface area (Å²) in [6.07, 6.45) is 1.19. The van der Waals surface area contributed by atoms with Gasteiger partial charge < -0.3 is 15.0 Å². The van der Waals surface area contributed by atoms with Crippen molar-refractivity contribution in [2.24, 2.45) is 5.92 Å². The number of carbonyl (C=O) groups is 2. The molecule has 1 aliphatic rings. The maximum atomic E-state index is 12.3. The Hall–Kier alpha value is -1.65. The second kappa shape index (κ2) is 8.83. The van der Waals surface area contributed by atoms with Crippen LogP contribution in [0.4, 0.5) is 4.79 Å². The highest BCUT2D eigenvalue weighted by Crippen LogP contribution is 2.24. The number of thiophene rings is 1. The van der Waals surface area contributed by atoms with E-state index in [0.717, 1.165) is 20.5 Å². The standard InChI is InChI=1S/C16H25N3O5S2/c1-4-24-15(20)12-7-9-19(10-8-12)16(21)17-11-13-5-6-14(25-13)26(22,23)18(2)3/h5-6,12H,4,7-11H2,1-3H3,(H,17,21). The van der Waals surface area contributed by atoms with Gasteiger partial charge in [0.05, 0.1) is 19.1 Å². The van der Waals surface area contributed by atoms with Crippen molar-refractivity contribution in [2.45, 2.75) is 30.5 Å². The molecule has 10 heteroatoms. The summed E-state index contributed by atoms with van der Waals surface area (Å²) in [6.45, 7) is 3.41. The number of hydrogen-bond acceptors (Lipinski definition) is 6. The van der Waals surface area contributed by atoms with E-state index >= 15 is 0 Å². The SMILES string of the molecule is CCOC(=O)C1CCN(C(=O)NCc2ccc(S(=O)(=O)N(C)C)s2)CC1. The molecule has 1 aromatic rings. The fraction of sp³-hybridized carbons (Fsp3) is 0.625. The molecule has 8 nitrogen and oxygen atoms in total. The molecule has 1 N–H and O–H groups in total. The lowest BCUT2D eigenvalue weighted by molar-refractivity contribution is -0.149. The summed E-state index contributed by atoms with van der Waals surface area (Å²) < 4.78 is 30.6. The highest BCUT2D eigenvalue weighted by molar-refractivity contribution is 7.91. The minimum absolute atomic E-state index is 0.143. The molecule has 1 aliphatic heterocycles. The molecule has 0 saturated carbocycles. The summed E-state index contributed by atoms with van der Waals surface area (Å²) in [5, 5.41) is 2.80. The molecule has 0 bridgehead atoms. The van der Waals surface area contributed by atoms with E-state index < -0.39 is 10.0 Å². The van der Waals surface area contributed by atoms with E-state index in [1.807, 2.05) is 0 Å². The number of esters is 1. The number of likely N-dealkylation sites (tertiary alicyclic amines) is 1. The van der Waals surface area contributed by atoms with E-state index in [-0.39, 0.29) is 28.7 Å². The van der Waals surface area contributed by atoms with E-state index in [1.54, 1.807) is 24.0 Å². The highest BCUT2D eigenvalue weighted by Gasteiger charge is 2.28. The van der Waals surface area contributed by atoms with Crippen molar-refractivity contribution < 1.29 is 22.7 Å². The molecule has 0 aromatic carbocycles. The molecule has 0 aliphatic carbocycles. The van der Waals surface area contributed by atoms with Gasteiger partial charge in [-0.15, -0.1) is 11.3 Å². The molecule has 2 amide bonds. The van der Waals surface area contributed by atoms with Gasteiger partial charge in [0.15, 0.2) is 0 Å². The van der Waals surface area contributed by atoms with Crippen molar-refractivity contribution in [3.05, 3.63) is 17.0 Å². The van der Waals surface area contributed by atoms with Crippen molar-refractivity contribution in [1.82, 2.24) is 14.5 Å². The molecular formula is C16H25N3O5S2. The second-order valence-corrected chi connectivity index (χ2v) is 9.73. The number of nitrogens with one attached hydrogen (secondary N) is 1. The fourth-order valence-electron chi connectivity index (χ4n) is 2.62. The van der Waals surface area contributed by atoms with E-state index in [2.05, 4.69) is 5.32 Å². The van der Waals surface area contributed by atoms with E-state index in [9.17, 15) is 18.0 Å². The predicted octanol–water partition coefficient (Wildman–Crippen LogP) is 1.48. The number of urea groups is 1. The summed E-state index contributed by atoms with van der Waals surface area (Å²) in [5.74, 6) is -0.337. The molecule has 0 radical (unpaired) electrons. The Bertz CT molecular complexity index is 737. The maximum Gasteiger partial charge on any atom is 0.317 e. The number of ether oxygens (including phenoxy) is 1. The number of hydrogen-bond donors (Lipinski definition) is 1. The van der Waals surface area contributed by atoms with E-state index in [4.69, 9.17) is 4.74 Å². The first-order valence-corrected chi connectivity index (χ1v) is 10.7. The van der Waals surface area contributed by atoms with Gasteiger partial charge >= 0.3 is 12.0 Å². The fourth-order valence-corrected chi connectivity index (χ4v) is 5.09. The van der Waals surface area contributed by atoms with E-state index in [0.29, 0.717) is 32.5 Å². The van der Waals surface area contributed by atoms with Crippen LogP contribution in [0.5, 0.6) is 0 Å². The molecule has 1 fully saturated rings. The van der Waals surface area contributed by atoms with Gasteiger partial charge in [-0.3, -0.25) is 4.79 Å². The Balaban J connectivity index is 1.83. The number of sulfonamides is 1. The van der Waals surface area contributed by atoms with Crippen LogP contribution in [0.3, 0.4) is 0 Å². The third-order valence-electron chi connectivity index (χ3n) is 4.19. The zero-order chi connectivity index (χ0) is 19.3. The molecule has 2 rings (SSSR count). The minimum Gasteiger partial charge on any atom is -0.466 e. The molecule has 0 unspecified atom stereocenters. The average molecular weight is 404 g/mol. The van der Waals surface area contributed by atoms with Gasteiger partial charge in [-0.05, 0) is 31.9 Å². The molecule has 1 aromatic heterocycles. The third kappa shape index (κ3) is 4.95. The zero-order valence-corrected chi connectivity index (χ0v) is 16.9. The second-order valence-electron chi connectivity index (χ2n) is 6.18. The number of nitrogens with zero attached hydrogens (tertiary/aromatic N) is 2. The molecule has 0 atom stereocenters. The summed E-state index contributed by atoms with van der Waals surface area (Å²) in [5.41, 5.74) is 0. The van der Waals surface area contributed by atoms with Crippen LogP contribution in [0, 0.1) is 5.92 Å². The number of carbonyl (C=O) groups excluding carboxylic acids is 2. The van der Waals surface area contributed by atoms with Gasteiger partial charge in [-0.2, -0.15) is 0 Å². The van der Waals surface area contributed by atoms with Crippen LogP contribution < -0.4 is 5.32 Å². The van der Waals surface area contributed by atoms with Crippen LogP contribution in [-0.4, -0.2) is 63.4 Å². The molecule has 2 heterocycles. The van der Waals surface area contributed by atoms with Crippen molar-refractivity contribution in [2.75, 3.05) is 33.8 Å². The topological polar surface area (TPSA) is 96.0 Å². The van der Waals surface area contributed by atoms with Crippen LogP contribution >= 0.6 is 11.3 Å². The monoisotopic (exact) mass is 403 g/mol. The minimum atomic E-state index is -3.45. The first-order chi connectivity index (χ1) is 12.3. The predicted molar refractivity (Wildman–Crippen MR) is 98.4 cm³/mol. The van der Waals surface area contributed by atoms with Crippen molar-refractivity contribution in [3.8, 4) is 0 Å². The lowest BCUT2D eigenvalue weighted by atomic mass is 9.97. The van der Waals surface area contributed by atoms with Gasteiger partial charge in [0.25, 0.3) is 10.0 Å². The van der Waals surface area contributed by atoms with Crippen LogP contribution in [0.25, 0.3) is 0 Å². The van der Waals surface area contributed by atoms with Gasteiger partial charge in [0, 0.05) is 32.1 Å². The highest BCUT2D eigenvalue weighted by atomic mass is 32.2. The first kappa shape index (κ1) is 20.7. The maximum absolute atomic E-state index is 12.3.